The Morgan fingerprint density at radius 2 is 1.95 bits per heavy atom. The van der Waals surface area contributed by atoms with E-state index in [9.17, 15) is 9.59 Å². The van der Waals surface area contributed by atoms with Crippen LogP contribution in [0.5, 0.6) is 0 Å². The number of aryl methyl sites for hydroxylation is 1. The van der Waals surface area contributed by atoms with Gasteiger partial charge in [0.2, 0.25) is 5.91 Å². The fourth-order valence-corrected chi connectivity index (χ4v) is 2.53. The molecular formula is C15H21NO3S. The molecule has 0 aliphatic heterocycles. The third-order valence-electron chi connectivity index (χ3n) is 2.83. The summed E-state index contributed by atoms with van der Waals surface area (Å²) < 4.78 is 0. The van der Waals surface area contributed by atoms with Crippen molar-refractivity contribution in [1.29, 1.82) is 0 Å². The Hall–Kier alpha value is -1.49. The monoisotopic (exact) mass is 295 g/mol. The van der Waals surface area contributed by atoms with E-state index in [1.807, 2.05) is 38.1 Å². The van der Waals surface area contributed by atoms with Crippen molar-refractivity contribution in [2.75, 3.05) is 5.75 Å². The van der Waals surface area contributed by atoms with Gasteiger partial charge in [0.1, 0.15) is 6.04 Å². The molecule has 1 atom stereocenters. The number of amides is 1. The number of carbonyl (C=O) groups is 2. The summed E-state index contributed by atoms with van der Waals surface area (Å²) in [4.78, 5) is 22.6. The lowest BCUT2D eigenvalue weighted by Crippen LogP contribution is -2.41. The number of hydrogen-bond donors (Lipinski definition) is 2. The lowest BCUT2D eigenvalue weighted by Gasteiger charge is -2.13. The average molecular weight is 295 g/mol. The average Bonchev–Trinajstić information content (AvgIpc) is 2.40. The summed E-state index contributed by atoms with van der Waals surface area (Å²) >= 11 is 1.49. The van der Waals surface area contributed by atoms with Crippen molar-refractivity contribution in [2.24, 2.45) is 0 Å². The van der Waals surface area contributed by atoms with E-state index < -0.39 is 12.0 Å². The van der Waals surface area contributed by atoms with Crippen molar-refractivity contribution in [1.82, 2.24) is 5.32 Å². The van der Waals surface area contributed by atoms with Gasteiger partial charge in [0.05, 0.1) is 5.75 Å². The van der Waals surface area contributed by atoms with Gasteiger partial charge in [0, 0.05) is 5.75 Å². The van der Waals surface area contributed by atoms with E-state index in [0.29, 0.717) is 6.42 Å². The number of hydrogen-bond acceptors (Lipinski definition) is 3. The summed E-state index contributed by atoms with van der Waals surface area (Å²) in [6.45, 7) is 3.93. The molecule has 0 aliphatic rings. The molecule has 1 aromatic rings. The second-order valence-electron chi connectivity index (χ2n) is 4.73. The summed E-state index contributed by atoms with van der Waals surface area (Å²) in [5, 5.41) is 11.5. The van der Waals surface area contributed by atoms with Crippen LogP contribution in [0.2, 0.25) is 0 Å². The first-order chi connectivity index (χ1) is 9.52. The number of nitrogens with one attached hydrogen (secondary N) is 1. The van der Waals surface area contributed by atoms with Crippen molar-refractivity contribution >= 4 is 23.6 Å². The largest absolute Gasteiger partial charge is 0.480 e. The summed E-state index contributed by atoms with van der Waals surface area (Å²) in [5.74, 6) is -0.160. The van der Waals surface area contributed by atoms with Gasteiger partial charge in [-0.05, 0) is 18.9 Å². The predicted octanol–water partition coefficient (Wildman–Crippen LogP) is 2.60. The molecule has 0 radical (unpaired) electrons. The smallest absolute Gasteiger partial charge is 0.326 e. The molecule has 1 amide bonds. The van der Waals surface area contributed by atoms with Gasteiger partial charge < -0.3 is 10.4 Å². The number of rotatable bonds is 8. The SMILES string of the molecule is CCCC(NC(=O)CSCc1ccc(C)cc1)C(=O)O. The Morgan fingerprint density at radius 1 is 1.30 bits per heavy atom. The molecule has 2 N–H and O–H groups in total. The number of carboxylic acid groups (broad SMARTS) is 1. The van der Waals surface area contributed by atoms with Gasteiger partial charge >= 0.3 is 5.97 Å². The molecule has 20 heavy (non-hydrogen) atoms. The molecule has 0 bridgehead atoms. The Labute approximate surface area is 124 Å². The summed E-state index contributed by atoms with van der Waals surface area (Å²) in [5.41, 5.74) is 2.37. The molecule has 0 aromatic heterocycles. The van der Waals surface area contributed by atoms with Crippen LogP contribution in [0, 0.1) is 6.92 Å². The standard InChI is InChI=1S/C15H21NO3S/c1-3-4-13(15(18)19)16-14(17)10-20-9-12-7-5-11(2)6-8-12/h5-8,13H,3-4,9-10H2,1-2H3,(H,16,17)(H,18,19). The van der Waals surface area contributed by atoms with Crippen LogP contribution < -0.4 is 5.32 Å². The van der Waals surface area contributed by atoms with Gasteiger partial charge in [0.15, 0.2) is 0 Å². The first-order valence-corrected chi connectivity index (χ1v) is 7.84. The minimum absolute atomic E-state index is 0.219. The molecule has 0 spiro atoms. The van der Waals surface area contributed by atoms with E-state index in [2.05, 4.69) is 5.32 Å². The third kappa shape index (κ3) is 6.10. The highest BCUT2D eigenvalue weighted by molar-refractivity contribution is 7.99. The van der Waals surface area contributed by atoms with Gasteiger partial charge in [-0.2, -0.15) is 0 Å². The van der Waals surface area contributed by atoms with Crippen molar-refractivity contribution < 1.29 is 14.7 Å². The number of benzene rings is 1. The van der Waals surface area contributed by atoms with Crippen LogP contribution in [0.4, 0.5) is 0 Å². The highest BCUT2D eigenvalue weighted by atomic mass is 32.2. The van der Waals surface area contributed by atoms with Crippen LogP contribution >= 0.6 is 11.8 Å². The van der Waals surface area contributed by atoms with Crippen LogP contribution in [0.15, 0.2) is 24.3 Å². The topological polar surface area (TPSA) is 66.4 Å². The van der Waals surface area contributed by atoms with Crippen molar-refractivity contribution in [3.8, 4) is 0 Å². The van der Waals surface area contributed by atoms with E-state index in [4.69, 9.17) is 5.11 Å². The molecule has 0 saturated carbocycles. The molecule has 0 heterocycles. The molecule has 0 aliphatic carbocycles. The minimum Gasteiger partial charge on any atom is -0.480 e. The molecule has 1 unspecified atom stereocenters. The van der Waals surface area contributed by atoms with Gasteiger partial charge in [0.25, 0.3) is 0 Å². The fraction of sp³-hybridized carbons (Fsp3) is 0.467. The van der Waals surface area contributed by atoms with Crippen LogP contribution in [0.3, 0.4) is 0 Å². The number of aliphatic carboxylic acids is 1. The zero-order valence-corrected chi connectivity index (χ0v) is 12.7. The van der Waals surface area contributed by atoms with Crippen LogP contribution in [0.25, 0.3) is 0 Å². The Morgan fingerprint density at radius 3 is 2.50 bits per heavy atom. The quantitative estimate of drug-likeness (QED) is 0.773. The minimum atomic E-state index is -0.969. The highest BCUT2D eigenvalue weighted by Crippen LogP contribution is 2.12. The van der Waals surface area contributed by atoms with E-state index in [1.54, 1.807) is 0 Å². The van der Waals surface area contributed by atoms with Crippen LogP contribution in [-0.4, -0.2) is 28.8 Å². The predicted molar refractivity (Wildman–Crippen MR) is 81.8 cm³/mol. The fourth-order valence-electron chi connectivity index (χ4n) is 1.73. The molecule has 0 fully saturated rings. The first-order valence-electron chi connectivity index (χ1n) is 6.68. The second-order valence-corrected chi connectivity index (χ2v) is 5.71. The number of carbonyl (C=O) groups excluding carboxylic acids is 1. The van der Waals surface area contributed by atoms with Crippen LogP contribution in [0.1, 0.15) is 30.9 Å². The normalized spacial score (nSPS) is 11.9. The van der Waals surface area contributed by atoms with Gasteiger partial charge in [-0.15, -0.1) is 11.8 Å². The number of carboxylic acids is 1. The maximum absolute atomic E-state index is 11.7. The Kier molecular flexibility index (Phi) is 7.15. The summed E-state index contributed by atoms with van der Waals surface area (Å²) in [6, 6.07) is 7.39. The molecular weight excluding hydrogens is 274 g/mol. The maximum Gasteiger partial charge on any atom is 0.326 e. The summed E-state index contributed by atoms with van der Waals surface area (Å²) in [7, 11) is 0. The van der Waals surface area contributed by atoms with E-state index in [1.165, 1.54) is 17.3 Å². The van der Waals surface area contributed by atoms with Crippen molar-refractivity contribution in [3.63, 3.8) is 0 Å². The summed E-state index contributed by atoms with van der Waals surface area (Å²) in [6.07, 6.45) is 1.19. The Balaban J connectivity index is 2.32. The third-order valence-corrected chi connectivity index (χ3v) is 3.84. The highest BCUT2D eigenvalue weighted by Gasteiger charge is 2.18. The molecule has 1 aromatic carbocycles. The van der Waals surface area contributed by atoms with Gasteiger partial charge in [-0.25, -0.2) is 4.79 Å². The molecule has 110 valence electrons. The maximum atomic E-state index is 11.7. The lowest BCUT2D eigenvalue weighted by molar-refractivity contribution is -0.141. The van der Waals surface area contributed by atoms with E-state index >= 15 is 0 Å². The van der Waals surface area contributed by atoms with Crippen molar-refractivity contribution in [2.45, 2.75) is 38.5 Å². The zero-order chi connectivity index (χ0) is 15.0. The molecule has 4 nitrogen and oxygen atoms in total. The van der Waals surface area contributed by atoms with E-state index in [-0.39, 0.29) is 11.7 Å². The first kappa shape index (κ1) is 16.6. The molecule has 0 saturated heterocycles. The van der Waals surface area contributed by atoms with Gasteiger partial charge in [-0.3, -0.25) is 4.79 Å². The van der Waals surface area contributed by atoms with Gasteiger partial charge in [-0.1, -0.05) is 43.2 Å². The second kappa shape index (κ2) is 8.64. The Bertz CT molecular complexity index is 445. The number of thioether (sulfide) groups is 1. The lowest BCUT2D eigenvalue weighted by atomic mass is 10.2. The van der Waals surface area contributed by atoms with Crippen LogP contribution in [-0.2, 0) is 15.3 Å². The molecule has 1 rings (SSSR count). The van der Waals surface area contributed by atoms with E-state index in [0.717, 1.165) is 17.7 Å². The zero-order valence-electron chi connectivity index (χ0n) is 11.9. The van der Waals surface area contributed by atoms with Crippen molar-refractivity contribution in [3.05, 3.63) is 35.4 Å². The molecule has 5 heteroatoms.